The summed E-state index contributed by atoms with van der Waals surface area (Å²) in [4.78, 5) is 36.0. The molecule has 0 atom stereocenters. The largest absolute Gasteiger partial charge is 0.348 e. The monoisotopic (exact) mass is 313 g/mol. The average molecular weight is 313 g/mol. The Morgan fingerprint density at radius 2 is 2.04 bits per heavy atom. The summed E-state index contributed by atoms with van der Waals surface area (Å²) in [6.07, 6.45) is 4.25. The fourth-order valence-electron chi connectivity index (χ4n) is 2.76. The molecule has 23 heavy (non-hydrogen) atoms. The summed E-state index contributed by atoms with van der Waals surface area (Å²) >= 11 is 0. The van der Waals surface area contributed by atoms with Crippen LogP contribution in [0, 0.1) is 10.1 Å². The van der Waals surface area contributed by atoms with E-state index in [-0.39, 0.29) is 17.8 Å². The first-order valence-corrected chi connectivity index (χ1v) is 7.30. The molecule has 1 aromatic carbocycles. The number of rotatable bonds is 4. The van der Waals surface area contributed by atoms with Crippen molar-refractivity contribution in [1.29, 1.82) is 0 Å². The maximum atomic E-state index is 12.1. The number of H-pyrrole nitrogens is 1. The second-order valence-electron chi connectivity index (χ2n) is 5.50. The van der Waals surface area contributed by atoms with E-state index in [1.54, 1.807) is 0 Å². The summed E-state index contributed by atoms with van der Waals surface area (Å²) in [5, 5.41) is 13.4. The Kier molecular flexibility index (Phi) is 3.92. The highest BCUT2D eigenvalue weighted by Gasteiger charge is 2.16. The number of aromatic nitrogens is 1. The summed E-state index contributed by atoms with van der Waals surface area (Å²) in [5.41, 5.74) is 2.34. The maximum Gasteiger partial charge on any atom is 0.286 e. The lowest BCUT2D eigenvalue weighted by atomic mass is 10.1. The number of nitro groups is 1. The predicted octanol–water partition coefficient (Wildman–Crippen LogP) is 1.70. The maximum absolute atomic E-state index is 12.1. The minimum absolute atomic E-state index is 0.264. The van der Waals surface area contributed by atoms with E-state index in [0.29, 0.717) is 0 Å². The Morgan fingerprint density at radius 1 is 1.26 bits per heavy atom. The molecule has 118 valence electrons. The number of nitrogens with zero attached hydrogens (tertiary/aromatic N) is 1. The number of benzene rings is 1. The third-order valence-corrected chi connectivity index (χ3v) is 3.96. The third kappa shape index (κ3) is 3.13. The molecule has 0 saturated heterocycles. The van der Waals surface area contributed by atoms with Gasteiger partial charge in [0.15, 0.2) is 0 Å². The molecule has 1 heterocycles. The van der Waals surface area contributed by atoms with Gasteiger partial charge < -0.3 is 10.3 Å². The molecule has 2 N–H and O–H groups in total. The van der Waals surface area contributed by atoms with E-state index in [0.717, 1.165) is 37.1 Å². The van der Waals surface area contributed by atoms with Crippen LogP contribution in [0.5, 0.6) is 0 Å². The smallest absolute Gasteiger partial charge is 0.286 e. The first kappa shape index (κ1) is 15.0. The van der Waals surface area contributed by atoms with Crippen molar-refractivity contribution in [3.05, 3.63) is 73.2 Å². The lowest BCUT2D eigenvalue weighted by molar-refractivity contribution is -0.385. The summed E-state index contributed by atoms with van der Waals surface area (Å²) in [5.74, 6) is -0.629. The van der Waals surface area contributed by atoms with E-state index in [9.17, 15) is 19.7 Å². The Balaban J connectivity index is 1.73. The Bertz CT molecular complexity index is 841. The van der Waals surface area contributed by atoms with Gasteiger partial charge in [0.2, 0.25) is 0 Å². The van der Waals surface area contributed by atoms with Crippen LogP contribution < -0.4 is 10.9 Å². The first-order chi connectivity index (χ1) is 11.0. The van der Waals surface area contributed by atoms with E-state index in [1.165, 1.54) is 11.1 Å². The number of aromatic amines is 1. The molecule has 0 fully saturated rings. The molecule has 0 radical (unpaired) electrons. The first-order valence-electron chi connectivity index (χ1n) is 7.30. The van der Waals surface area contributed by atoms with Gasteiger partial charge in [-0.3, -0.25) is 19.7 Å². The van der Waals surface area contributed by atoms with Crippen LogP contribution in [0.2, 0.25) is 0 Å². The van der Waals surface area contributed by atoms with Crippen molar-refractivity contribution >= 4 is 11.6 Å². The fraction of sp³-hybridized carbons (Fsp3) is 0.250. The molecule has 0 unspecified atom stereocenters. The van der Waals surface area contributed by atoms with Crippen LogP contribution in [-0.2, 0) is 19.4 Å². The number of amides is 1. The van der Waals surface area contributed by atoms with Crippen molar-refractivity contribution in [1.82, 2.24) is 10.3 Å². The number of pyridine rings is 1. The minimum atomic E-state index is -0.660. The molecule has 7 nitrogen and oxygen atoms in total. The molecule has 0 saturated carbocycles. The van der Waals surface area contributed by atoms with Gasteiger partial charge in [-0.1, -0.05) is 18.2 Å². The van der Waals surface area contributed by atoms with Crippen LogP contribution in [0.25, 0.3) is 0 Å². The summed E-state index contributed by atoms with van der Waals surface area (Å²) in [6.45, 7) is 0.272. The van der Waals surface area contributed by atoms with Crippen molar-refractivity contribution in [3.63, 3.8) is 0 Å². The normalized spacial score (nSPS) is 12.7. The van der Waals surface area contributed by atoms with Gasteiger partial charge in [0.05, 0.1) is 11.1 Å². The fourth-order valence-corrected chi connectivity index (χ4v) is 2.76. The SMILES string of the molecule is O=C(NCc1ccc2c(c1)CCC2)c1cc([N+](=O)[O-])c[nH]c1=O. The highest BCUT2D eigenvalue weighted by molar-refractivity contribution is 5.94. The van der Waals surface area contributed by atoms with Gasteiger partial charge in [-0.05, 0) is 36.0 Å². The zero-order valence-corrected chi connectivity index (χ0v) is 12.3. The Labute approximate surface area is 131 Å². The lowest BCUT2D eigenvalue weighted by Crippen LogP contribution is -2.29. The second-order valence-corrected chi connectivity index (χ2v) is 5.50. The molecule has 2 aromatic rings. The van der Waals surface area contributed by atoms with Crippen molar-refractivity contribution in [2.45, 2.75) is 25.8 Å². The van der Waals surface area contributed by atoms with E-state index in [1.807, 2.05) is 6.07 Å². The van der Waals surface area contributed by atoms with Crippen LogP contribution in [0.15, 0.2) is 35.3 Å². The van der Waals surface area contributed by atoms with E-state index >= 15 is 0 Å². The second kappa shape index (κ2) is 6.04. The zero-order valence-electron chi connectivity index (χ0n) is 12.3. The molecule has 7 heteroatoms. The molecule has 1 aromatic heterocycles. The highest BCUT2D eigenvalue weighted by atomic mass is 16.6. The van der Waals surface area contributed by atoms with E-state index < -0.39 is 16.4 Å². The molecule has 1 amide bonds. The summed E-state index contributed by atoms with van der Waals surface area (Å²) < 4.78 is 0. The molecule has 1 aliphatic carbocycles. The van der Waals surface area contributed by atoms with Crippen LogP contribution in [0.3, 0.4) is 0 Å². The molecular weight excluding hydrogens is 298 g/mol. The van der Waals surface area contributed by atoms with Gasteiger partial charge in [0.25, 0.3) is 17.2 Å². The van der Waals surface area contributed by atoms with Gasteiger partial charge in [-0.25, -0.2) is 0 Å². The van der Waals surface area contributed by atoms with Crippen molar-refractivity contribution in [2.75, 3.05) is 0 Å². The van der Waals surface area contributed by atoms with Gasteiger partial charge in [-0.15, -0.1) is 0 Å². The number of hydrogen-bond donors (Lipinski definition) is 2. The lowest BCUT2D eigenvalue weighted by Gasteiger charge is -2.07. The Morgan fingerprint density at radius 3 is 2.83 bits per heavy atom. The molecule has 3 rings (SSSR count). The van der Waals surface area contributed by atoms with Gasteiger partial charge >= 0.3 is 0 Å². The highest BCUT2D eigenvalue weighted by Crippen LogP contribution is 2.22. The van der Waals surface area contributed by atoms with E-state index in [2.05, 4.69) is 22.4 Å². The number of fused-ring (bicyclic) bond motifs is 1. The van der Waals surface area contributed by atoms with Crippen LogP contribution in [0.4, 0.5) is 5.69 Å². The minimum Gasteiger partial charge on any atom is -0.348 e. The number of hydrogen-bond acceptors (Lipinski definition) is 4. The van der Waals surface area contributed by atoms with E-state index in [4.69, 9.17) is 0 Å². The quantitative estimate of drug-likeness (QED) is 0.662. The standard InChI is InChI=1S/C16H15N3O4/c20-15(14-7-13(19(22)23)9-18-16(14)21)17-8-10-4-5-11-2-1-3-12(11)6-10/h4-7,9H,1-3,8H2,(H,17,20)(H,18,21). The summed E-state index contributed by atoms with van der Waals surface area (Å²) in [7, 11) is 0. The molecule has 0 spiro atoms. The Hall–Kier alpha value is -2.96. The average Bonchev–Trinajstić information content (AvgIpc) is 3.00. The van der Waals surface area contributed by atoms with Crippen molar-refractivity contribution < 1.29 is 9.72 Å². The number of carbonyl (C=O) groups excluding carboxylic acids is 1. The van der Waals surface area contributed by atoms with Crippen LogP contribution in [-0.4, -0.2) is 15.8 Å². The predicted molar refractivity (Wildman–Crippen MR) is 83.4 cm³/mol. The molecule has 0 aliphatic heterocycles. The van der Waals surface area contributed by atoms with Gasteiger partial charge in [-0.2, -0.15) is 0 Å². The topological polar surface area (TPSA) is 105 Å². The zero-order chi connectivity index (χ0) is 16.4. The van der Waals surface area contributed by atoms with Crippen LogP contribution >= 0.6 is 0 Å². The third-order valence-electron chi connectivity index (χ3n) is 3.96. The number of aryl methyl sites for hydroxylation is 2. The van der Waals surface area contributed by atoms with Crippen molar-refractivity contribution in [3.8, 4) is 0 Å². The number of carbonyl (C=O) groups is 1. The number of nitrogens with one attached hydrogen (secondary N) is 2. The summed E-state index contributed by atoms with van der Waals surface area (Å²) in [6, 6.07) is 7.04. The van der Waals surface area contributed by atoms with Crippen LogP contribution in [0.1, 0.15) is 33.5 Å². The van der Waals surface area contributed by atoms with Gasteiger partial charge in [0, 0.05) is 12.6 Å². The molecule has 1 aliphatic rings. The van der Waals surface area contributed by atoms with Crippen molar-refractivity contribution in [2.24, 2.45) is 0 Å². The molecular formula is C16H15N3O4. The van der Waals surface area contributed by atoms with Gasteiger partial charge in [0.1, 0.15) is 5.56 Å². The molecule has 0 bridgehead atoms.